The fourth-order valence-corrected chi connectivity index (χ4v) is 4.61. The Morgan fingerprint density at radius 3 is 2.73 bits per heavy atom. The molecule has 3 nitrogen and oxygen atoms in total. The maximum absolute atomic E-state index is 11.1. The minimum atomic E-state index is -0.0874. The van der Waals surface area contributed by atoms with Crippen molar-refractivity contribution in [2.75, 3.05) is 0 Å². The molecule has 2 aliphatic carbocycles. The fraction of sp³-hybridized carbons (Fsp3) is 0.154. The predicted molar refractivity (Wildman–Crippen MR) is 125 cm³/mol. The average Bonchev–Trinajstić information content (AvgIpc) is 2.79. The van der Waals surface area contributed by atoms with E-state index in [1.807, 2.05) is 24.3 Å². The standard InChI is InChI=1S/C18H15Cl.C8H6N2O/c19-14-7-10-16-13(11-14)6-9-17-15-4-2-1-3-12(15)5-8-18(16)17;11-8-6-3-1-2-4-7(6)9-5-10-8/h2,4,6-7,9-11H,1,3,5,8H2;1-5H,(H,9,10,11). The van der Waals surface area contributed by atoms with Crippen molar-refractivity contribution in [3.63, 3.8) is 0 Å². The molecule has 0 unspecified atom stereocenters. The van der Waals surface area contributed by atoms with E-state index in [1.165, 1.54) is 59.5 Å². The Morgan fingerprint density at radius 2 is 1.83 bits per heavy atom. The van der Waals surface area contributed by atoms with E-state index in [1.54, 1.807) is 11.6 Å². The van der Waals surface area contributed by atoms with Gasteiger partial charge in [-0.2, -0.15) is 0 Å². The van der Waals surface area contributed by atoms with Crippen LogP contribution in [-0.2, 0) is 6.42 Å². The Hall–Kier alpha value is -3.17. The number of aromatic amines is 1. The quantitative estimate of drug-likeness (QED) is 0.360. The zero-order chi connectivity index (χ0) is 20.5. The molecule has 4 aromatic rings. The number of aromatic nitrogens is 2. The van der Waals surface area contributed by atoms with E-state index in [9.17, 15) is 4.79 Å². The second kappa shape index (κ2) is 7.92. The minimum absolute atomic E-state index is 0.0874. The maximum Gasteiger partial charge on any atom is 0.258 e. The molecular weight excluding hydrogens is 392 g/mol. The topological polar surface area (TPSA) is 45.8 Å². The third-order valence-corrected chi connectivity index (χ3v) is 6.12. The Labute approximate surface area is 179 Å². The van der Waals surface area contributed by atoms with E-state index in [0.717, 1.165) is 10.5 Å². The van der Waals surface area contributed by atoms with Crippen LogP contribution < -0.4 is 5.56 Å². The Kier molecular flexibility index (Phi) is 4.97. The van der Waals surface area contributed by atoms with Crippen LogP contribution in [0.1, 0.15) is 30.4 Å². The fourth-order valence-electron chi connectivity index (χ4n) is 4.43. The molecule has 0 bridgehead atoms. The van der Waals surface area contributed by atoms with Gasteiger partial charge in [0.1, 0.15) is 0 Å². The highest BCUT2D eigenvalue weighted by Crippen LogP contribution is 2.40. The van der Waals surface area contributed by atoms with Crippen LogP contribution in [-0.4, -0.2) is 9.97 Å². The normalized spacial score (nSPS) is 14.8. The van der Waals surface area contributed by atoms with Gasteiger partial charge >= 0.3 is 0 Å². The van der Waals surface area contributed by atoms with Gasteiger partial charge in [-0.15, -0.1) is 0 Å². The third kappa shape index (κ3) is 3.46. The molecule has 2 aliphatic rings. The molecule has 0 saturated carbocycles. The van der Waals surface area contributed by atoms with Crippen molar-refractivity contribution in [3.8, 4) is 0 Å². The van der Waals surface area contributed by atoms with Crippen molar-refractivity contribution in [2.24, 2.45) is 0 Å². The van der Waals surface area contributed by atoms with Gasteiger partial charge in [-0.3, -0.25) is 4.79 Å². The number of halogens is 1. The van der Waals surface area contributed by atoms with Crippen LogP contribution in [0.5, 0.6) is 0 Å². The molecule has 4 heteroatoms. The first-order valence-corrected chi connectivity index (χ1v) is 10.6. The van der Waals surface area contributed by atoms with Crippen LogP contribution in [0, 0.1) is 0 Å². The summed E-state index contributed by atoms with van der Waals surface area (Å²) in [4.78, 5) is 17.6. The monoisotopic (exact) mass is 412 g/mol. The first-order valence-electron chi connectivity index (χ1n) is 10.2. The summed E-state index contributed by atoms with van der Waals surface area (Å²) in [6.45, 7) is 0. The van der Waals surface area contributed by atoms with Crippen molar-refractivity contribution in [1.82, 2.24) is 9.97 Å². The van der Waals surface area contributed by atoms with E-state index in [-0.39, 0.29) is 5.56 Å². The molecule has 0 spiro atoms. The third-order valence-electron chi connectivity index (χ3n) is 5.89. The molecule has 6 rings (SSSR count). The number of nitrogens with one attached hydrogen (secondary N) is 1. The zero-order valence-electron chi connectivity index (χ0n) is 16.5. The molecule has 0 amide bonds. The summed E-state index contributed by atoms with van der Waals surface area (Å²) in [6.07, 6.45) is 10.9. The number of nitrogens with zero attached hydrogens (tertiary/aromatic N) is 1. The summed E-state index contributed by atoms with van der Waals surface area (Å²) in [6, 6.07) is 18.0. The molecule has 1 N–H and O–H groups in total. The zero-order valence-corrected chi connectivity index (χ0v) is 17.2. The van der Waals surface area contributed by atoms with E-state index in [4.69, 9.17) is 11.6 Å². The van der Waals surface area contributed by atoms with Gasteiger partial charge in [0.25, 0.3) is 5.56 Å². The Morgan fingerprint density at radius 1 is 0.933 bits per heavy atom. The van der Waals surface area contributed by atoms with Gasteiger partial charge in [0.05, 0.1) is 17.2 Å². The van der Waals surface area contributed by atoms with Gasteiger partial charge < -0.3 is 4.98 Å². The Balaban J connectivity index is 0.000000149. The Bertz CT molecular complexity index is 1380. The highest BCUT2D eigenvalue weighted by molar-refractivity contribution is 6.31. The van der Waals surface area contributed by atoms with Crippen LogP contribution in [0.25, 0.3) is 27.2 Å². The number of H-pyrrole nitrogens is 1. The summed E-state index contributed by atoms with van der Waals surface area (Å²) < 4.78 is 0. The highest BCUT2D eigenvalue weighted by Gasteiger charge is 2.20. The maximum atomic E-state index is 11.1. The summed E-state index contributed by atoms with van der Waals surface area (Å²) in [5, 5.41) is 4.08. The van der Waals surface area contributed by atoms with E-state index in [2.05, 4.69) is 46.4 Å². The van der Waals surface area contributed by atoms with Crippen molar-refractivity contribution < 1.29 is 0 Å². The molecule has 0 radical (unpaired) electrons. The van der Waals surface area contributed by atoms with Crippen LogP contribution in [0.4, 0.5) is 0 Å². The number of allylic oxidation sites excluding steroid dienone is 4. The van der Waals surface area contributed by atoms with Crippen LogP contribution in [0.15, 0.2) is 83.4 Å². The molecule has 148 valence electrons. The molecule has 0 aliphatic heterocycles. The van der Waals surface area contributed by atoms with Crippen molar-refractivity contribution in [3.05, 3.63) is 105 Å². The van der Waals surface area contributed by atoms with Crippen LogP contribution in [0.2, 0.25) is 5.02 Å². The average molecular weight is 413 g/mol. The van der Waals surface area contributed by atoms with Gasteiger partial charge in [-0.25, -0.2) is 4.98 Å². The predicted octanol–water partition coefficient (Wildman–Crippen LogP) is 6.47. The highest BCUT2D eigenvalue weighted by atomic mass is 35.5. The molecule has 30 heavy (non-hydrogen) atoms. The molecule has 0 fully saturated rings. The molecule has 0 atom stereocenters. The molecule has 0 saturated heterocycles. The molecule has 1 heterocycles. The summed E-state index contributed by atoms with van der Waals surface area (Å²) in [7, 11) is 0. The smallest absolute Gasteiger partial charge is 0.258 e. The number of hydrogen-bond acceptors (Lipinski definition) is 2. The van der Waals surface area contributed by atoms with Gasteiger partial charge in [0, 0.05) is 5.02 Å². The van der Waals surface area contributed by atoms with Crippen LogP contribution in [0.3, 0.4) is 0 Å². The molecular formula is C26H21ClN2O. The first kappa shape index (κ1) is 18.8. The number of aryl methyl sites for hydroxylation is 1. The summed E-state index contributed by atoms with van der Waals surface area (Å²) in [5.41, 5.74) is 6.70. The number of hydrogen-bond donors (Lipinski definition) is 1. The first-order chi connectivity index (χ1) is 14.7. The lowest BCUT2D eigenvalue weighted by atomic mass is 9.80. The van der Waals surface area contributed by atoms with Gasteiger partial charge in [-0.1, -0.05) is 59.7 Å². The number of rotatable bonds is 0. The lowest BCUT2D eigenvalue weighted by Gasteiger charge is -2.25. The van der Waals surface area contributed by atoms with Crippen molar-refractivity contribution in [2.45, 2.75) is 25.7 Å². The molecule has 3 aromatic carbocycles. The van der Waals surface area contributed by atoms with Gasteiger partial charge in [0.2, 0.25) is 0 Å². The van der Waals surface area contributed by atoms with Crippen LogP contribution >= 0.6 is 11.6 Å². The van der Waals surface area contributed by atoms with E-state index >= 15 is 0 Å². The summed E-state index contributed by atoms with van der Waals surface area (Å²) in [5.74, 6) is 0. The van der Waals surface area contributed by atoms with E-state index in [0.29, 0.717) is 5.39 Å². The SMILES string of the molecule is Clc1ccc2c3c(ccc2c1)C1=C(CCC=C1)CC3.O=c1[nH]cnc2ccccc12. The summed E-state index contributed by atoms with van der Waals surface area (Å²) >= 11 is 6.09. The minimum Gasteiger partial charge on any atom is -0.313 e. The second-order valence-corrected chi connectivity index (χ2v) is 8.10. The largest absolute Gasteiger partial charge is 0.313 e. The van der Waals surface area contributed by atoms with Gasteiger partial charge in [0.15, 0.2) is 0 Å². The second-order valence-electron chi connectivity index (χ2n) is 7.66. The number of para-hydroxylation sites is 1. The van der Waals surface area contributed by atoms with Crippen molar-refractivity contribution >= 4 is 38.8 Å². The lowest BCUT2D eigenvalue weighted by Crippen LogP contribution is -2.06. The van der Waals surface area contributed by atoms with Crippen molar-refractivity contribution in [1.29, 1.82) is 0 Å². The van der Waals surface area contributed by atoms with E-state index < -0.39 is 0 Å². The molecule has 1 aromatic heterocycles. The number of fused-ring (bicyclic) bond motifs is 5. The number of benzene rings is 3. The lowest BCUT2D eigenvalue weighted by molar-refractivity contribution is 0.831. The van der Waals surface area contributed by atoms with Gasteiger partial charge in [-0.05, 0) is 77.4 Å².